The van der Waals surface area contributed by atoms with E-state index in [9.17, 15) is 14.0 Å². The number of hydrogen-bond acceptors (Lipinski definition) is 6. The van der Waals surface area contributed by atoms with Gasteiger partial charge in [-0.25, -0.2) is 9.07 Å². The lowest BCUT2D eigenvalue weighted by Gasteiger charge is -2.42. The molecule has 1 aliphatic carbocycles. The van der Waals surface area contributed by atoms with Gasteiger partial charge in [0.15, 0.2) is 0 Å². The second-order valence-corrected chi connectivity index (χ2v) is 7.39. The van der Waals surface area contributed by atoms with Crippen molar-refractivity contribution in [2.75, 3.05) is 32.9 Å². The van der Waals surface area contributed by atoms with Crippen LogP contribution in [0.2, 0.25) is 0 Å². The standard InChI is InChI=1S/C16H25FN6O3/c1-15(10-18-14(25)16(9-17)4-2-5-16)11-22(7-8-26-15)13(24)3-6-23-12-19-20-21-23/h12H,2-11H2,1H3,(H,18,25). The third-order valence-corrected chi connectivity index (χ3v) is 5.31. The molecule has 1 saturated carbocycles. The van der Waals surface area contributed by atoms with Crippen molar-refractivity contribution in [3.63, 3.8) is 0 Å². The highest BCUT2D eigenvalue weighted by molar-refractivity contribution is 5.83. The highest BCUT2D eigenvalue weighted by Gasteiger charge is 2.45. The van der Waals surface area contributed by atoms with Crippen LogP contribution in [0, 0.1) is 5.41 Å². The maximum absolute atomic E-state index is 13.2. The molecule has 0 aromatic carbocycles. The van der Waals surface area contributed by atoms with E-state index in [1.165, 1.54) is 11.0 Å². The van der Waals surface area contributed by atoms with Crippen LogP contribution in [0.3, 0.4) is 0 Å². The minimum Gasteiger partial charge on any atom is -0.370 e. The van der Waals surface area contributed by atoms with Gasteiger partial charge < -0.3 is 15.0 Å². The van der Waals surface area contributed by atoms with Gasteiger partial charge in [-0.3, -0.25) is 9.59 Å². The Morgan fingerprint density at radius 3 is 2.81 bits per heavy atom. The van der Waals surface area contributed by atoms with E-state index < -0.39 is 17.7 Å². The predicted octanol–water partition coefficient (Wildman–Crippen LogP) is -0.0633. The fourth-order valence-electron chi connectivity index (χ4n) is 3.38. The maximum atomic E-state index is 13.2. The molecular weight excluding hydrogens is 343 g/mol. The van der Waals surface area contributed by atoms with Gasteiger partial charge in [0.25, 0.3) is 0 Å². The van der Waals surface area contributed by atoms with Crippen LogP contribution in [0.5, 0.6) is 0 Å². The number of aromatic nitrogens is 4. The summed E-state index contributed by atoms with van der Waals surface area (Å²) in [5.41, 5.74) is -1.54. The molecule has 1 atom stereocenters. The molecule has 0 bridgehead atoms. The molecule has 1 saturated heterocycles. The van der Waals surface area contributed by atoms with E-state index in [1.54, 1.807) is 4.90 Å². The number of nitrogens with zero attached hydrogens (tertiary/aromatic N) is 5. The lowest BCUT2D eigenvalue weighted by atomic mass is 9.69. The van der Waals surface area contributed by atoms with E-state index in [0.717, 1.165) is 6.42 Å². The molecule has 26 heavy (non-hydrogen) atoms. The summed E-state index contributed by atoms with van der Waals surface area (Å²) in [6.07, 6.45) is 3.82. The first-order valence-electron chi connectivity index (χ1n) is 8.93. The lowest BCUT2D eigenvalue weighted by Crippen LogP contribution is -2.58. The van der Waals surface area contributed by atoms with Crippen molar-refractivity contribution in [1.82, 2.24) is 30.4 Å². The van der Waals surface area contributed by atoms with Gasteiger partial charge in [-0.2, -0.15) is 0 Å². The van der Waals surface area contributed by atoms with Gasteiger partial charge in [-0.15, -0.1) is 5.10 Å². The molecule has 10 heteroatoms. The zero-order valence-corrected chi connectivity index (χ0v) is 15.0. The molecule has 3 rings (SSSR count). The van der Waals surface area contributed by atoms with Crippen molar-refractivity contribution in [3.8, 4) is 0 Å². The summed E-state index contributed by atoms with van der Waals surface area (Å²) >= 11 is 0. The molecule has 1 aliphatic heterocycles. The fraction of sp³-hybridized carbons (Fsp3) is 0.812. The van der Waals surface area contributed by atoms with Crippen LogP contribution in [0.25, 0.3) is 0 Å². The summed E-state index contributed by atoms with van der Waals surface area (Å²) in [5.74, 6) is -0.265. The Bertz CT molecular complexity index is 630. The SMILES string of the molecule is CC1(CNC(=O)C2(CF)CCC2)CN(C(=O)CCn2cnnn2)CCO1. The molecule has 0 radical (unpaired) electrons. The van der Waals surface area contributed by atoms with E-state index in [-0.39, 0.29) is 18.4 Å². The first-order chi connectivity index (χ1) is 12.5. The third-order valence-electron chi connectivity index (χ3n) is 5.31. The number of nitrogens with one attached hydrogen (secondary N) is 1. The van der Waals surface area contributed by atoms with Gasteiger partial charge in [0.1, 0.15) is 18.6 Å². The number of carbonyl (C=O) groups is 2. The molecule has 2 aliphatic rings. The summed E-state index contributed by atoms with van der Waals surface area (Å²) in [6, 6.07) is 0. The number of amides is 2. The number of ether oxygens (including phenoxy) is 1. The van der Waals surface area contributed by atoms with Crippen molar-refractivity contribution in [1.29, 1.82) is 0 Å². The van der Waals surface area contributed by atoms with Crippen LogP contribution in [-0.4, -0.2) is 75.4 Å². The Balaban J connectivity index is 1.49. The predicted molar refractivity (Wildman–Crippen MR) is 88.6 cm³/mol. The zero-order chi connectivity index (χ0) is 18.6. The Labute approximate surface area is 151 Å². The first kappa shape index (κ1) is 18.7. The first-order valence-corrected chi connectivity index (χ1v) is 8.93. The van der Waals surface area contributed by atoms with Gasteiger partial charge in [-0.05, 0) is 30.2 Å². The van der Waals surface area contributed by atoms with Gasteiger partial charge in [-0.1, -0.05) is 6.42 Å². The highest BCUT2D eigenvalue weighted by Crippen LogP contribution is 2.41. The number of tetrazole rings is 1. The number of hydrogen-bond donors (Lipinski definition) is 1. The van der Waals surface area contributed by atoms with Crippen molar-refractivity contribution >= 4 is 11.8 Å². The van der Waals surface area contributed by atoms with E-state index in [0.29, 0.717) is 45.5 Å². The van der Waals surface area contributed by atoms with Crippen LogP contribution in [-0.2, 0) is 20.9 Å². The monoisotopic (exact) mass is 368 g/mol. The van der Waals surface area contributed by atoms with Crippen molar-refractivity contribution in [3.05, 3.63) is 6.33 Å². The summed E-state index contributed by atoms with van der Waals surface area (Å²) in [7, 11) is 0. The normalized spacial score (nSPS) is 24.8. The van der Waals surface area contributed by atoms with Crippen molar-refractivity contribution in [2.24, 2.45) is 5.41 Å². The second-order valence-electron chi connectivity index (χ2n) is 7.39. The number of halogens is 1. The van der Waals surface area contributed by atoms with Gasteiger partial charge in [0.2, 0.25) is 11.8 Å². The number of morpholine rings is 1. The number of rotatable bonds is 7. The molecule has 1 unspecified atom stereocenters. The Morgan fingerprint density at radius 1 is 1.38 bits per heavy atom. The second kappa shape index (κ2) is 7.65. The summed E-state index contributed by atoms with van der Waals surface area (Å²) < 4.78 is 20.5. The Hall–Kier alpha value is -2.10. The van der Waals surface area contributed by atoms with Crippen LogP contribution in [0.15, 0.2) is 6.33 Å². The van der Waals surface area contributed by atoms with Crippen LogP contribution in [0.1, 0.15) is 32.6 Å². The van der Waals surface area contributed by atoms with Gasteiger partial charge in [0.05, 0.1) is 25.1 Å². The average molecular weight is 368 g/mol. The molecule has 1 aromatic rings. The molecule has 9 nitrogen and oxygen atoms in total. The molecule has 144 valence electrons. The summed E-state index contributed by atoms with van der Waals surface area (Å²) in [5, 5.41) is 13.6. The van der Waals surface area contributed by atoms with Gasteiger partial charge in [0, 0.05) is 19.5 Å². The summed E-state index contributed by atoms with van der Waals surface area (Å²) in [4.78, 5) is 26.5. The molecule has 0 spiro atoms. The number of carbonyl (C=O) groups excluding carboxylic acids is 2. The molecule has 1 aromatic heterocycles. The van der Waals surface area contributed by atoms with Crippen molar-refractivity contribution in [2.45, 2.75) is 44.8 Å². The van der Waals surface area contributed by atoms with Crippen molar-refractivity contribution < 1.29 is 18.7 Å². The topological polar surface area (TPSA) is 102 Å². The Kier molecular flexibility index (Phi) is 5.49. The molecule has 2 fully saturated rings. The quantitative estimate of drug-likeness (QED) is 0.723. The van der Waals surface area contributed by atoms with Crippen LogP contribution < -0.4 is 5.32 Å². The fourth-order valence-corrected chi connectivity index (χ4v) is 3.38. The van der Waals surface area contributed by atoms with E-state index >= 15 is 0 Å². The average Bonchev–Trinajstić information content (AvgIpc) is 3.11. The minimum absolute atomic E-state index is 0.0134. The zero-order valence-electron chi connectivity index (χ0n) is 15.0. The van der Waals surface area contributed by atoms with E-state index in [2.05, 4.69) is 20.8 Å². The smallest absolute Gasteiger partial charge is 0.228 e. The molecule has 2 amide bonds. The largest absolute Gasteiger partial charge is 0.370 e. The van der Waals surface area contributed by atoms with E-state index in [4.69, 9.17) is 4.74 Å². The number of aryl methyl sites for hydroxylation is 1. The third kappa shape index (κ3) is 4.00. The summed E-state index contributed by atoms with van der Waals surface area (Å²) in [6.45, 7) is 3.18. The minimum atomic E-state index is -0.855. The highest BCUT2D eigenvalue weighted by atomic mass is 19.1. The van der Waals surface area contributed by atoms with Crippen LogP contribution >= 0.6 is 0 Å². The van der Waals surface area contributed by atoms with Gasteiger partial charge >= 0.3 is 0 Å². The maximum Gasteiger partial charge on any atom is 0.228 e. The van der Waals surface area contributed by atoms with E-state index in [1.807, 2.05) is 6.92 Å². The molecule has 1 N–H and O–H groups in total. The molecule has 2 heterocycles. The lowest BCUT2D eigenvalue weighted by molar-refractivity contribution is -0.150. The molecular formula is C16H25FN6O3. The Morgan fingerprint density at radius 2 is 2.19 bits per heavy atom. The number of alkyl halides is 1. The van der Waals surface area contributed by atoms with Crippen LogP contribution in [0.4, 0.5) is 4.39 Å².